The summed E-state index contributed by atoms with van der Waals surface area (Å²) in [6.07, 6.45) is 4.73. The summed E-state index contributed by atoms with van der Waals surface area (Å²) in [6, 6.07) is 3.53. The predicted molar refractivity (Wildman–Crippen MR) is 64.2 cm³/mol. The van der Waals surface area contributed by atoms with E-state index >= 15 is 0 Å². The first-order valence-corrected chi connectivity index (χ1v) is 5.29. The number of pyridine rings is 2. The summed E-state index contributed by atoms with van der Waals surface area (Å²) in [4.78, 5) is 24.8. The zero-order valence-corrected chi connectivity index (χ0v) is 9.03. The zero-order valence-electron chi connectivity index (χ0n) is 9.03. The van der Waals surface area contributed by atoms with Gasteiger partial charge in [0, 0.05) is 17.8 Å². The van der Waals surface area contributed by atoms with Gasteiger partial charge in [-0.3, -0.25) is 9.78 Å². The van der Waals surface area contributed by atoms with Crippen molar-refractivity contribution in [3.05, 3.63) is 41.2 Å². The lowest BCUT2D eigenvalue weighted by atomic mass is 10.2. The molecule has 7 nitrogen and oxygen atoms in total. The first-order valence-electron chi connectivity index (χ1n) is 5.29. The van der Waals surface area contributed by atoms with E-state index in [0.29, 0.717) is 16.8 Å². The van der Waals surface area contributed by atoms with Crippen molar-refractivity contribution in [1.29, 1.82) is 0 Å². The Kier molecular flexibility index (Phi) is 1.59. The maximum Gasteiger partial charge on any atom is 0.269 e. The minimum absolute atomic E-state index is 0.193. The fourth-order valence-electron chi connectivity index (χ4n) is 1.96. The van der Waals surface area contributed by atoms with E-state index in [4.69, 9.17) is 0 Å². The molecule has 0 aliphatic heterocycles. The highest BCUT2D eigenvalue weighted by Gasteiger charge is 2.08. The van der Waals surface area contributed by atoms with Crippen LogP contribution in [0, 0.1) is 0 Å². The molecule has 4 aromatic rings. The number of hydrogen-bond acceptors (Lipinski definition) is 5. The number of fused-ring (bicyclic) bond motifs is 3. The normalized spacial score (nSPS) is 11.6. The molecule has 0 atom stereocenters. The molecular weight excluding hydrogens is 232 g/mol. The van der Waals surface area contributed by atoms with Gasteiger partial charge >= 0.3 is 0 Å². The van der Waals surface area contributed by atoms with Gasteiger partial charge in [0.2, 0.25) is 5.78 Å². The van der Waals surface area contributed by atoms with Gasteiger partial charge in [0.1, 0.15) is 6.33 Å². The maximum atomic E-state index is 12.2. The second kappa shape index (κ2) is 3.10. The molecule has 0 saturated carbocycles. The zero-order chi connectivity index (χ0) is 12.1. The van der Waals surface area contributed by atoms with Crippen molar-refractivity contribution in [1.82, 2.24) is 29.5 Å². The lowest BCUT2D eigenvalue weighted by Crippen LogP contribution is -2.14. The van der Waals surface area contributed by atoms with Crippen molar-refractivity contribution >= 4 is 27.7 Å². The van der Waals surface area contributed by atoms with E-state index in [1.807, 2.05) is 0 Å². The largest absolute Gasteiger partial charge is 0.269 e. The van der Waals surface area contributed by atoms with E-state index in [2.05, 4.69) is 25.1 Å². The van der Waals surface area contributed by atoms with Gasteiger partial charge in [0.05, 0.1) is 10.9 Å². The Balaban J connectivity index is 2.32. The van der Waals surface area contributed by atoms with Gasteiger partial charge in [-0.05, 0) is 12.1 Å². The molecule has 0 aromatic carbocycles. The van der Waals surface area contributed by atoms with E-state index in [1.165, 1.54) is 10.7 Å². The van der Waals surface area contributed by atoms with Crippen LogP contribution in [0.1, 0.15) is 0 Å². The minimum Gasteiger partial charge on any atom is -0.268 e. The molecule has 0 unspecified atom stereocenters. The fraction of sp³-hybridized carbons (Fsp3) is 0. The molecule has 7 heteroatoms. The molecule has 0 saturated heterocycles. The SMILES string of the molecule is O=c1c2cc3cnccc3nc2nc2[nH]ncn12. The third kappa shape index (κ3) is 1.10. The van der Waals surface area contributed by atoms with Crippen molar-refractivity contribution < 1.29 is 0 Å². The van der Waals surface area contributed by atoms with Gasteiger partial charge in [0.15, 0.2) is 5.65 Å². The summed E-state index contributed by atoms with van der Waals surface area (Å²) < 4.78 is 1.35. The lowest BCUT2D eigenvalue weighted by molar-refractivity contribution is 1.08. The standard InChI is InChI=1S/C11H6N6O/c18-10-7-3-6-4-12-2-1-8(6)14-9(7)15-11-16-13-5-17(10)11/h1-5H,(H,14,15,16). The minimum atomic E-state index is -0.193. The molecule has 4 rings (SSSR count). The Labute approximate surface area is 99.1 Å². The van der Waals surface area contributed by atoms with Crippen LogP contribution in [0.2, 0.25) is 0 Å². The number of nitrogens with zero attached hydrogens (tertiary/aromatic N) is 5. The first-order chi connectivity index (χ1) is 8.83. The molecule has 86 valence electrons. The second-order valence-electron chi connectivity index (χ2n) is 3.89. The molecule has 4 heterocycles. The Morgan fingerprint density at radius 1 is 1.28 bits per heavy atom. The lowest BCUT2D eigenvalue weighted by Gasteiger charge is -2.00. The summed E-state index contributed by atoms with van der Waals surface area (Å²) >= 11 is 0. The van der Waals surface area contributed by atoms with Crippen LogP contribution in [0.3, 0.4) is 0 Å². The highest BCUT2D eigenvalue weighted by atomic mass is 16.1. The Hall–Kier alpha value is -2.83. The number of rotatable bonds is 0. The van der Waals surface area contributed by atoms with Crippen LogP contribution in [-0.4, -0.2) is 29.5 Å². The molecule has 4 aromatic heterocycles. The number of aromatic nitrogens is 6. The van der Waals surface area contributed by atoms with Crippen molar-refractivity contribution in [2.24, 2.45) is 0 Å². The number of nitrogens with one attached hydrogen (secondary N) is 1. The van der Waals surface area contributed by atoms with Gasteiger partial charge < -0.3 is 0 Å². The van der Waals surface area contributed by atoms with Gasteiger partial charge in [-0.25, -0.2) is 14.5 Å². The molecule has 0 radical (unpaired) electrons. The second-order valence-corrected chi connectivity index (χ2v) is 3.89. The van der Waals surface area contributed by atoms with Gasteiger partial charge in [0.25, 0.3) is 5.56 Å². The molecule has 0 aliphatic carbocycles. The van der Waals surface area contributed by atoms with Crippen LogP contribution in [0.15, 0.2) is 35.6 Å². The molecule has 0 bridgehead atoms. The van der Waals surface area contributed by atoms with Crippen LogP contribution in [-0.2, 0) is 0 Å². The van der Waals surface area contributed by atoms with Crippen molar-refractivity contribution in [3.63, 3.8) is 0 Å². The number of hydrogen-bond donors (Lipinski definition) is 1. The van der Waals surface area contributed by atoms with Gasteiger partial charge in [-0.1, -0.05) is 0 Å². The monoisotopic (exact) mass is 238 g/mol. The molecule has 0 aliphatic rings. The summed E-state index contributed by atoms with van der Waals surface area (Å²) in [6.45, 7) is 0. The van der Waals surface area contributed by atoms with E-state index in [1.54, 1.807) is 24.5 Å². The molecule has 18 heavy (non-hydrogen) atoms. The third-order valence-electron chi connectivity index (χ3n) is 2.82. The van der Waals surface area contributed by atoms with Gasteiger partial charge in [-0.15, -0.1) is 0 Å². The average Bonchev–Trinajstić information content (AvgIpc) is 2.86. The predicted octanol–water partition coefficient (Wildman–Crippen LogP) is 0.514. The molecule has 0 spiro atoms. The topological polar surface area (TPSA) is 88.8 Å². The van der Waals surface area contributed by atoms with Crippen LogP contribution >= 0.6 is 0 Å². The van der Waals surface area contributed by atoms with Crippen LogP contribution < -0.4 is 5.56 Å². The Bertz CT molecular complexity index is 954. The molecule has 1 N–H and O–H groups in total. The highest BCUT2D eigenvalue weighted by Crippen LogP contribution is 2.14. The Morgan fingerprint density at radius 3 is 3.17 bits per heavy atom. The van der Waals surface area contributed by atoms with Crippen molar-refractivity contribution in [2.45, 2.75) is 0 Å². The summed E-state index contributed by atoms with van der Waals surface area (Å²) in [7, 11) is 0. The first kappa shape index (κ1) is 9.23. The Morgan fingerprint density at radius 2 is 2.22 bits per heavy atom. The van der Waals surface area contributed by atoms with Crippen molar-refractivity contribution in [2.75, 3.05) is 0 Å². The van der Waals surface area contributed by atoms with E-state index in [9.17, 15) is 4.79 Å². The van der Waals surface area contributed by atoms with Crippen molar-refractivity contribution in [3.8, 4) is 0 Å². The van der Waals surface area contributed by atoms with E-state index in [-0.39, 0.29) is 5.56 Å². The molecule has 0 fully saturated rings. The molecule has 0 amide bonds. The average molecular weight is 238 g/mol. The molecular formula is C11H6N6O. The van der Waals surface area contributed by atoms with Gasteiger partial charge in [-0.2, -0.15) is 10.1 Å². The summed E-state index contributed by atoms with van der Waals surface area (Å²) in [5.41, 5.74) is 0.971. The number of aromatic amines is 1. The third-order valence-corrected chi connectivity index (χ3v) is 2.82. The van der Waals surface area contributed by atoms with Crippen LogP contribution in [0.25, 0.3) is 27.7 Å². The number of H-pyrrole nitrogens is 1. The van der Waals surface area contributed by atoms with Crippen LogP contribution in [0.4, 0.5) is 0 Å². The highest BCUT2D eigenvalue weighted by molar-refractivity contribution is 5.90. The van der Waals surface area contributed by atoms with E-state index in [0.717, 1.165) is 10.9 Å². The summed E-state index contributed by atoms with van der Waals surface area (Å²) in [5.74, 6) is 0.383. The van der Waals surface area contributed by atoms with E-state index < -0.39 is 0 Å². The van der Waals surface area contributed by atoms with Crippen LogP contribution in [0.5, 0.6) is 0 Å². The fourth-order valence-corrected chi connectivity index (χ4v) is 1.96. The quantitative estimate of drug-likeness (QED) is 0.451. The summed E-state index contributed by atoms with van der Waals surface area (Å²) in [5, 5.41) is 7.71. The smallest absolute Gasteiger partial charge is 0.268 e. The maximum absolute atomic E-state index is 12.2.